The van der Waals surface area contributed by atoms with Crippen LogP contribution in [0.3, 0.4) is 0 Å². The smallest absolute Gasteiger partial charge is 0.341 e. The molecule has 17 heavy (non-hydrogen) atoms. The number of carbonyl (C=O) groups excluding carboxylic acids is 1. The molecule has 1 heterocycles. The maximum Gasteiger partial charge on any atom is 0.341 e. The zero-order chi connectivity index (χ0) is 12.3. The van der Waals surface area contributed by atoms with Crippen LogP contribution in [-0.2, 0) is 14.2 Å². The van der Waals surface area contributed by atoms with Gasteiger partial charge in [-0.25, -0.2) is 9.18 Å². The van der Waals surface area contributed by atoms with Gasteiger partial charge in [-0.2, -0.15) is 0 Å². The Kier molecular flexibility index (Phi) is 3.71. The van der Waals surface area contributed by atoms with E-state index in [0.29, 0.717) is 18.8 Å². The standard InChI is InChI=1S/C12H13FO4/c1-2-15-11(14)9-4-3-8(7-10(9)13)12-16-5-6-17-12/h3-4,7,12H,2,5-6H2,1H3. The van der Waals surface area contributed by atoms with Crippen molar-refractivity contribution in [1.29, 1.82) is 0 Å². The van der Waals surface area contributed by atoms with Crippen molar-refractivity contribution in [3.05, 3.63) is 35.1 Å². The first kappa shape index (κ1) is 12.0. The fourth-order valence-corrected chi connectivity index (χ4v) is 1.60. The lowest BCUT2D eigenvalue weighted by atomic mass is 10.1. The van der Waals surface area contributed by atoms with Crippen molar-refractivity contribution in [3.63, 3.8) is 0 Å². The van der Waals surface area contributed by atoms with Crippen LogP contribution in [0.15, 0.2) is 18.2 Å². The summed E-state index contributed by atoms with van der Waals surface area (Å²) in [5.41, 5.74) is 0.488. The fraction of sp³-hybridized carbons (Fsp3) is 0.417. The van der Waals surface area contributed by atoms with Gasteiger partial charge in [0.1, 0.15) is 5.82 Å². The Labute approximate surface area is 98.3 Å². The molecule has 92 valence electrons. The van der Waals surface area contributed by atoms with Crippen LogP contribution in [0.1, 0.15) is 29.1 Å². The minimum Gasteiger partial charge on any atom is -0.462 e. The molecule has 0 N–H and O–H groups in total. The number of hydrogen-bond acceptors (Lipinski definition) is 4. The monoisotopic (exact) mass is 240 g/mol. The number of benzene rings is 1. The summed E-state index contributed by atoms with van der Waals surface area (Å²) in [7, 11) is 0. The molecule has 0 atom stereocenters. The van der Waals surface area contributed by atoms with Gasteiger partial charge in [-0.15, -0.1) is 0 Å². The normalized spacial score (nSPS) is 16.1. The predicted molar refractivity (Wildman–Crippen MR) is 57.0 cm³/mol. The molecule has 0 saturated carbocycles. The van der Waals surface area contributed by atoms with Gasteiger partial charge in [0.2, 0.25) is 0 Å². The molecular formula is C12H13FO4. The summed E-state index contributed by atoms with van der Waals surface area (Å²) in [6.07, 6.45) is -0.541. The van der Waals surface area contributed by atoms with Gasteiger partial charge in [0.15, 0.2) is 6.29 Å². The molecule has 0 spiro atoms. The Morgan fingerprint density at radius 3 is 2.76 bits per heavy atom. The van der Waals surface area contributed by atoms with E-state index in [-0.39, 0.29) is 12.2 Å². The average molecular weight is 240 g/mol. The highest BCUT2D eigenvalue weighted by Gasteiger charge is 2.21. The zero-order valence-corrected chi connectivity index (χ0v) is 9.44. The van der Waals surface area contributed by atoms with Gasteiger partial charge in [-0.1, -0.05) is 6.07 Å². The van der Waals surface area contributed by atoms with Crippen LogP contribution in [0.25, 0.3) is 0 Å². The molecule has 0 amide bonds. The van der Waals surface area contributed by atoms with E-state index in [2.05, 4.69) is 0 Å². The van der Waals surface area contributed by atoms with Crippen molar-refractivity contribution in [2.75, 3.05) is 19.8 Å². The summed E-state index contributed by atoms with van der Waals surface area (Å²) in [5, 5.41) is 0. The molecule has 1 aliphatic rings. The molecule has 2 rings (SSSR count). The number of ether oxygens (including phenoxy) is 3. The van der Waals surface area contributed by atoms with E-state index in [1.807, 2.05) is 0 Å². The van der Waals surface area contributed by atoms with Crippen LogP contribution >= 0.6 is 0 Å². The van der Waals surface area contributed by atoms with Crippen molar-refractivity contribution in [1.82, 2.24) is 0 Å². The Morgan fingerprint density at radius 1 is 1.47 bits per heavy atom. The van der Waals surface area contributed by atoms with Gasteiger partial charge in [-0.3, -0.25) is 0 Å². The van der Waals surface area contributed by atoms with E-state index in [1.54, 1.807) is 13.0 Å². The van der Waals surface area contributed by atoms with Crippen molar-refractivity contribution >= 4 is 5.97 Å². The minimum atomic E-state index is -0.662. The SMILES string of the molecule is CCOC(=O)c1ccc(C2OCCO2)cc1F. The van der Waals surface area contributed by atoms with Gasteiger partial charge >= 0.3 is 5.97 Å². The first-order valence-corrected chi connectivity index (χ1v) is 5.42. The lowest BCUT2D eigenvalue weighted by Crippen LogP contribution is -2.08. The van der Waals surface area contributed by atoms with Crippen molar-refractivity contribution in [2.24, 2.45) is 0 Å². The topological polar surface area (TPSA) is 44.8 Å². The highest BCUT2D eigenvalue weighted by atomic mass is 19.1. The van der Waals surface area contributed by atoms with Crippen LogP contribution < -0.4 is 0 Å². The molecule has 1 aromatic rings. The molecule has 1 fully saturated rings. The Bertz CT molecular complexity index is 413. The van der Waals surface area contributed by atoms with Crippen LogP contribution in [0.4, 0.5) is 4.39 Å². The third-order valence-electron chi connectivity index (χ3n) is 2.38. The molecule has 0 unspecified atom stereocenters. The molecular weight excluding hydrogens is 227 g/mol. The second-order valence-corrected chi connectivity index (χ2v) is 3.53. The Balaban J connectivity index is 2.19. The highest BCUT2D eigenvalue weighted by molar-refractivity contribution is 5.89. The van der Waals surface area contributed by atoms with Crippen LogP contribution in [-0.4, -0.2) is 25.8 Å². The van der Waals surface area contributed by atoms with E-state index >= 15 is 0 Å². The third kappa shape index (κ3) is 2.62. The van der Waals surface area contributed by atoms with Gasteiger partial charge in [-0.05, 0) is 19.1 Å². The number of carbonyl (C=O) groups is 1. The second-order valence-electron chi connectivity index (χ2n) is 3.53. The predicted octanol–water partition coefficient (Wildman–Crippen LogP) is 2.05. The maximum absolute atomic E-state index is 13.7. The van der Waals surface area contributed by atoms with Gasteiger partial charge < -0.3 is 14.2 Å². The summed E-state index contributed by atoms with van der Waals surface area (Å²) < 4.78 is 28.9. The van der Waals surface area contributed by atoms with Crippen LogP contribution in [0.2, 0.25) is 0 Å². The molecule has 0 radical (unpaired) electrons. The number of rotatable bonds is 3. The average Bonchev–Trinajstić information content (AvgIpc) is 2.82. The second kappa shape index (κ2) is 5.25. The zero-order valence-electron chi connectivity index (χ0n) is 9.44. The van der Waals surface area contributed by atoms with E-state index in [9.17, 15) is 9.18 Å². The number of hydrogen-bond donors (Lipinski definition) is 0. The summed E-state index contributed by atoms with van der Waals surface area (Å²) in [5.74, 6) is -1.29. The first-order chi connectivity index (χ1) is 8.22. The van der Waals surface area contributed by atoms with Crippen LogP contribution in [0, 0.1) is 5.82 Å². The largest absolute Gasteiger partial charge is 0.462 e. The van der Waals surface area contributed by atoms with E-state index < -0.39 is 18.1 Å². The van der Waals surface area contributed by atoms with Crippen molar-refractivity contribution in [2.45, 2.75) is 13.2 Å². The number of esters is 1. The summed E-state index contributed by atoms with van der Waals surface area (Å²) in [4.78, 5) is 11.4. The third-order valence-corrected chi connectivity index (χ3v) is 2.38. The molecule has 1 saturated heterocycles. The minimum absolute atomic E-state index is 0.0754. The fourth-order valence-electron chi connectivity index (χ4n) is 1.60. The number of halogens is 1. The quantitative estimate of drug-likeness (QED) is 0.758. The van der Waals surface area contributed by atoms with Crippen LogP contribution in [0.5, 0.6) is 0 Å². The molecule has 0 bridgehead atoms. The van der Waals surface area contributed by atoms with Crippen molar-refractivity contribution in [3.8, 4) is 0 Å². The molecule has 1 aromatic carbocycles. The van der Waals surface area contributed by atoms with Crippen molar-refractivity contribution < 1.29 is 23.4 Å². The summed E-state index contributed by atoms with van der Waals surface area (Å²) in [6.45, 7) is 2.87. The molecule has 0 aliphatic carbocycles. The Hall–Kier alpha value is -1.46. The highest BCUT2D eigenvalue weighted by Crippen LogP contribution is 2.24. The molecule has 5 heteroatoms. The summed E-state index contributed by atoms with van der Waals surface area (Å²) >= 11 is 0. The molecule has 0 aromatic heterocycles. The van der Waals surface area contributed by atoms with E-state index in [4.69, 9.17) is 14.2 Å². The maximum atomic E-state index is 13.7. The molecule has 1 aliphatic heterocycles. The Morgan fingerprint density at radius 2 is 2.18 bits per heavy atom. The summed E-state index contributed by atoms with van der Waals surface area (Å²) in [6, 6.07) is 4.22. The van der Waals surface area contributed by atoms with Gasteiger partial charge in [0.25, 0.3) is 0 Å². The van der Waals surface area contributed by atoms with Gasteiger partial charge in [0.05, 0.1) is 25.4 Å². The lowest BCUT2D eigenvalue weighted by molar-refractivity contribution is -0.0443. The molecule has 4 nitrogen and oxygen atoms in total. The van der Waals surface area contributed by atoms with Gasteiger partial charge in [0, 0.05) is 5.56 Å². The lowest BCUT2D eigenvalue weighted by Gasteiger charge is -2.10. The first-order valence-electron chi connectivity index (χ1n) is 5.42. The van der Waals surface area contributed by atoms with E-state index in [1.165, 1.54) is 12.1 Å². The van der Waals surface area contributed by atoms with E-state index in [0.717, 1.165) is 0 Å².